The minimum Gasteiger partial charge on any atom is -0.449 e. The molecule has 1 unspecified atom stereocenters. The quantitative estimate of drug-likeness (QED) is 0.348. The Kier molecular flexibility index (Phi) is 8.10. The fourth-order valence-electron chi connectivity index (χ4n) is 4.88. The summed E-state index contributed by atoms with van der Waals surface area (Å²) in [6.07, 6.45) is 0. The molecule has 0 bridgehead atoms. The normalized spacial score (nSPS) is 13.4. The molecular weight excluding hydrogens is 471 g/mol. The van der Waals surface area contributed by atoms with E-state index in [-0.39, 0.29) is 21.7 Å². The molecule has 1 atom stereocenters. The molecule has 3 aromatic rings. The second-order valence-corrected chi connectivity index (χ2v) is 14.8. The van der Waals surface area contributed by atoms with Crippen LogP contribution in [0.4, 0.5) is 0 Å². The third-order valence-electron chi connectivity index (χ3n) is 7.13. The summed E-state index contributed by atoms with van der Waals surface area (Å²) in [5.41, 5.74) is 9.77. The highest BCUT2D eigenvalue weighted by atomic mass is 31.1. The molecule has 1 N–H and O–H groups in total. The van der Waals surface area contributed by atoms with Crippen molar-refractivity contribution in [2.45, 2.75) is 105 Å². The molecular formula is C34H47O2P. The molecule has 0 aromatic heterocycles. The molecule has 200 valence electrons. The van der Waals surface area contributed by atoms with Crippen LogP contribution in [0.1, 0.15) is 105 Å². The summed E-state index contributed by atoms with van der Waals surface area (Å²) in [5, 5.41) is 0. The summed E-state index contributed by atoms with van der Waals surface area (Å²) in [5.74, 6) is 0.715. The van der Waals surface area contributed by atoms with Crippen LogP contribution in [0.25, 0.3) is 22.3 Å². The number of benzene rings is 3. The fourth-order valence-corrected chi connectivity index (χ4v) is 5.15. The number of hydrogen-bond acceptors (Lipinski definition) is 2. The van der Waals surface area contributed by atoms with Gasteiger partial charge in [-0.2, -0.15) is 0 Å². The van der Waals surface area contributed by atoms with Gasteiger partial charge in [0.1, 0.15) is 5.75 Å². The second-order valence-electron chi connectivity index (χ2n) is 14.4. The van der Waals surface area contributed by atoms with E-state index in [0.29, 0.717) is 5.75 Å². The first-order chi connectivity index (χ1) is 16.9. The lowest BCUT2D eigenvalue weighted by Crippen LogP contribution is -2.18. The van der Waals surface area contributed by atoms with Crippen LogP contribution in [0.15, 0.2) is 54.6 Å². The molecule has 0 fully saturated rings. The molecule has 0 heterocycles. The van der Waals surface area contributed by atoms with Gasteiger partial charge >= 0.3 is 0 Å². The zero-order valence-electron chi connectivity index (χ0n) is 25.1. The first kappa shape index (κ1) is 29.4. The minimum absolute atomic E-state index is 0.0477. The van der Waals surface area contributed by atoms with Crippen LogP contribution in [-0.2, 0) is 21.7 Å². The van der Waals surface area contributed by atoms with Crippen LogP contribution in [-0.4, -0.2) is 4.89 Å². The van der Waals surface area contributed by atoms with Crippen molar-refractivity contribution in [3.63, 3.8) is 0 Å². The number of hydrogen-bond donors (Lipinski definition) is 1. The van der Waals surface area contributed by atoms with Gasteiger partial charge in [-0.3, -0.25) is 0 Å². The van der Waals surface area contributed by atoms with Gasteiger partial charge < -0.3 is 9.42 Å². The zero-order chi connectivity index (χ0) is 28.0. The van der Waals surface area contributed by atoms with E-state index in [9.17, 15) is 4.89 Å². The van der Waals surface area contributed by atoms with Gasteiger partial charge in [0.15, 0.2) is 0 Å². The molecule has 2 nitrogen and oxygen atoms in total. The molecule has 3 heteroatoms. The van der Waals surface area contributed by atoms with E-state index in [4.69, 9.17) is 4.52 Å². The first-order valence-corrected chi connectivity index (χ1v) is 14.2. The van der Waals surface area contributed by atoms with E-state index in [0.717, 1.165) is 16.7 Å². The van der Waals surface area contributed by atoms with Crippen molar-refractivity contribution in [2.75, 3.05) is 0 Å². The number of rotatable bonds is 4. The molecule has 0 saturated carbocycles. The average molecular weight is 519 g/mol. The van der Waals surface area contributed by atoms with Gasteiger partial charge in [0.2, 0.25) is 9.03 Å². The largest absolute Gasteiger partial charge is 0.449 e. The first-order valence-electron chi connectivity index (χ1n) is 13.4. The molecule has 0 aliphatic rings. The van der Waals surface area contributed by atoms with Gasteiger partial charge in [0.25, 0.3) is 0 Å². The molecule has 0 radical (unpaired) electrons. The third-order valence-corrected chi connectivity index (χ3v) is 7.44. The van der Waals surface area contributed by atoms with Gasteiger partial charge in [-0.1, -0.05) is 132 Å². The SMILES string of the molecule is CC(C)(C)c1ccc(-c2cccc(OPO)c2-c2ccc(C(C)(C)C)cc2C(C)(C)C)c(C(C)(C)C)c1. The molecule has 0 spiro atoms. The summed E-state index contributed by atoms with van der Waals surface area (Å²) in [6, 6.07) is 20.0. The maximum Gasteiger partial charge on any atom is 0.212 e. The molecule has 3 aromatic carbocycles. The Labute approximate surface area is 227 Å². The van der Waals surface area contributed by atoms with Gasteiger partial charge in [-0.05, 0) is 66.7 Å². The predicted molar refractivity (Wildman–Crippen MR) is 163 cm³/mol. The lowest BCUT2D eigenvalue weighted by Gasteiger charge is -2.31. The average Bonchev–Trinajstić information content (AvgIpc) is 2.76. The fraction of sp³-hybridized carbons (Fsp3) is 0.471. The summed E-state index contributed by atoms with van der Waals surface area (Å²) in [4.78, 5) is 9.85. The molecule has 3 rings (SSSR count). The highest BCUT2D eigenvalue weighted by molar-refractivity contribution is 7.25. The Balaban J connectivity index is 2.46. The van der Waals surface area contributed by atoms with Gasteiger partial charge in [-0.25, -0.2) is 0 Å². The van der Waals surface area contributed by atoms with E-state index < -0.39 is 9.03 Å². The summed E-state index contributed by atoms with van der Waals surface area (Å²) < 4.78 is 5.91. The van der Waals surface area contributed by atoms with Gasteiger partial charge in [-0.15, -0.1) is 0 Å². The van der Waals surface area contributed by atoms with Gasteiger partial charge in [0.05, 0.1) is 0 Å². The standard InChI is InChI=1S/C34H47O2P/c1-31(2,3)22-16-18-24(27(20-22)33(7,8)9)25-14-13-15-29(36-37-35)30(25)26-19-17-23(32(4,5)6)21-28(26)34(10,11)12/h13-21,35,37H,1-12H3. The Morgan fingerprint density at radius 1 is 0.541 bits per heavy atom. The van der Waals surface area contributed by atoms with Crippen molar-refractivity contribution in [1.29, 1.82) is 0 Å². The van der Waals surface area contributed by atoms with Crippen molar-refractivity contribution in [3.8, 4) is 28.0 Å². The topological polar surface area (TPSA) is 29.5 Å². The van der Waals surface area contributed by atoms with Crippen molar-refractivity contribution in [1.82, 2.24) is 0 Å². The van der Waals surface area contributed by atoms with E-state index in [1.54, 1.807) is 0 Å². The van der Waals surface area contributed by atoms with Crippen molar-refractivity contribution in [3.05, 3.63) is 76.9 Å². The Bertz CT molecular complexity index is 1260. The van der Waals surface area contributed by atoms with E-state index >= 15 is 0 Å². The minimum atomic E-state index is -0.621. The Morgan fingerprint density at radius 3 is 1.43 bits per heavy atom. The Hall–Kier alpha value is -2.15. The highest BCUT2D eigenvalue weighted by Crippen LogP contribution is 2.48. The maximum atomic E-state index is 9.85. The van der Waals surface area contributed by atoms with Crippen molar-refractivity contribution >= 4 is 9.03 Å². The molecule has 0 aliphatic carbocycles. The van der Waals surface area contributed by atoms with Gasteiger partial charge in [0, 0.05) is 5.56 Å². The van der Waals surface area contributed by atoms with Crippen LogP contribution >= 0.6 is 9.03 Å². The molecule has 0 amide bonds. The third kappa shape index (κ3) is 6.47. The van der Waals surface area contributed by atoms with Crippen LogP contribution in [0.3, 0.4) is 0 Å². The van der Waals surface area contributed by atoms with E-state index in [2.05, 4.69) is 126 Å². The zero-order valence-corrected chi connectivity index (χ0v) is 26.1. The predicted octanol–water partition coefficient (Wildman–Crippen LogP) is 10.1. The van der Waals surface area contributed by atoms with Crippen LogP contribution in [0.2, 0.25) is 0 Å². The van der Waals surface area contributed by atoms with Crippen molar-refractivity contribution < 1.29 is 9.42 Å². The van der Waals surface area contributed by atoms with Crippen molar-refractivity contribution in [2.24, 2.45) is 0 Å². The summed E-state index contributed by atoms with van der Waals surface area (Å²) in [6.45, 7) is 27.2. The smallest absolute Gasteiger partial charge is 0.212 e. The van der Waals surface area contributed by atoms with Crippen LogP contribution in [0.5, 0.6) is 5.75 Å². The Morgan fingerprint density at radius 2 is 1.00 bits per heavy atom. The molecule has 0 saturated heterocycles. The lowest BCUT2D eigenvalue weighted by atomic mass is 9.74. The summed E-state index contributed by atoms with van der Waals surface area (Å²) >= 11 is 0. The van der Waals surface area contributed by atoms with E-state index in [1.165, 1.54) is 27.8 Å². The monoisotopic (exact) mass is 518 g/mol. The maximum absolute atomic E-state index is 9.85. The molecule has 0 aliphatic heterocycles. The van der Waals surface area contributed by atoms with Crippen LogP contribution in [0, 0.1) is 0 Å². The second kappa shape index (κ2) is 10.2. The highest BCUT2D eigenvalue weighted by Gasteiger charge is 2.28. The lowest BCUT2D eigenvalue weighted by molar-refractivity contribution is 0.515. The summed E-state index contributed by atoms with van der Waals surface area (Å²) in [7, 11) is -0.621. The molecule has 37 heavy (non-hydrogen) atoms. The van der Waals surface area contributed by atoms with E-state index in [1.807, 2.05) is 12.1 Å². The van der Waals surface area contributed by atoms with Crippen LogP contribution < -0.4 is 4.52 Å².